The normalized spacial score (nSPS) is 11.5. The Morgan fingerprint density at radius 2 is 1.65 bits per heavy atom. The fourth-order valence-electron chi connectivity index (χ4n) is 3.15. The second kappa shape index (κ2) is 7.88. The Hall–Kier alpha value is -3.65. The van der Waals surface area contributed by atoms with E-state index >= 15 is 0 Å². The largest absolute Gasteiger partial charge is 0.319 e. The van der Waals surface area contributed by atoms with Crippen molar-refractivity contribution >= 4 is 32.3 Å². The molecule has 31 heavy (non-hydrogen) atoms. The number of fused-ring (bicyclic) bond motifs is 1. The number of nitrogens with one attached hydrogen (secondary N) is 1. The van der Waals surface area contributed by atoms with Crippen molar-refractivity contribution in [2.45, 2.75) is 4.90 Å². The lowest BCUT2D eigenvalue weighted by Gasteiger charge is -2.12. The van der Waals surface area contributed by atoms with Gasteiger partial charge in [-0.15, -0.1) is 0 Å². The van der Waals surface area contributed by atoms with Gasteiger partial charge in [0.25, 0.3) is 5.91 Å². The fraction of sp³-hybridized carbons (Fsp3) is 0.0435. The molecule has 0 aliphatic heterocycles. The van der Waals surface area contributed by atoms with Crippen molar-refractivity contribution in [3.05, 3.63) is 90.0 Å². The van der Waals surface area contributed by atoms with E-state index in [0.29, 0.717) is 22.2 Å². The Balaban J connectivity index is 1.80. The summed E-state index contributed by atoms with van der Waals surface area (Å²) in [4.78, 5) is 17.5. The molecule has 1 heterocycles. The van der Waals surface area contributed by atoms with E-state index in [0.717, 1.165) is 24.5 Å². The van der Waals surface area contributed by atoms with Crippen molar-refractivity contribution < 1.29 is 22.0 Å². The minimum atomic E-state index is -3.58. The number of pyridine rings is 1. The molecule has 0 bridgehead atoms. The summed E-state index contributed by atoms with van der Waals surface area (Å²) < 4.78 is 51.1. The number of anilines is 1. The molecular weight excluding hydrogens is 422 g/mol. The van der Waals surface area contributed by atoms with Gasteiger partial charge in [0.1, 0.15) is 11.6 Å². The summed E-state index contributed by atoms with van der Waals surface area (Å²) in [5.41, 5.74) is 1.53. The molecule has 0 aliphatic rings. The Morgan fingerprint density at radius 3 is 2.35 bits per heavy atom. The average Bonchev–Trinajstić information content (AvgIpc) is 2.74. The lowest BCUT2D eigenvalue weighted by Crippen LogP contribution is -2.14. The smallest absolute Gasteiger partial charge is 0.256 e. The predicted molar refractivity (Wildman–Crippen MR) is 115 cm³/mol. The molecule has 3 aromatic carbocycles. The van der Waals surface area contributed by atoms with E-state index < -0.39 is 27.4 Å². The van der Waals surface area contributed by atoms with Crippen molar-refractivity contribution in [1.82, 2.24) is 4.98 Å². The van der Waals surface area contributed by atoms with Crippen LogP contribution in [0.15, 0.2) is 77.7 Å². The molecule has 0 saturated heterocycles. The van der Waals surface area contributed by atoms with Crippen molar-refractivity contribution in [3.8, 4) is 11.3 Å². The van der Waals surface area contributed by atoms with Crippen molar-refractivity contribution in [2.75, 3.05) is 11.6 Å². The number of aromatic nitrogens is 1. The first kappa shape index (κ1) is 20.6. The van der Waals surface area contributed by atoms with Crippen molar-refractivity contribution in [2.24, 2.45) is 0 Å². The Bertz CT molecular complexity index is 1420. The Morgan fingerprint density at radius 1 is 0.935 bits per heavy atom. The van der Waals surface area contributed by atoms with E-state index in [1.807, 2.05) is 0 Å². The third-order valence-electron chi connectivity index (χ3n) is 4.71. The highest BCUT2D eigenvalue weighted by Gasteiger charge is 2.17. The van der Waals surface area contributed by atoms with Gasteiger partial charge in [-0.25, -0.2) is 22.2 Å². The maximum atomic E-state index is 14.3. The van der Waals surface area contributed by atoms with Crippen LogP contribution in [-0.2, 0) is 9.84 Å². The standard InChI is InChI=1S/C23H16F2N2O3S/c1-31(29,30)16-10-11-19(25)22(12-16)27-23(28)18-13-21(14-6-8-15(24)9-7-14)26-20-5-3-2-4-17(18)20/h2-13H,1H3,(H,27,28). The lowest BCUT2D eigenvalue weighted by molar-refractivity contribution is 0.102. The maximum Gasteiger partial charge on any atom is 0.256 e. The van der Waals surface area contributed by atoms with Crippen LogP contribution < -0.4 is 5.32 Å². The number of amides is 1. The second-order valence-electron chi connectivity index (χ2n) is 6.95. The molecule has 0 aliphatic carbocycles. The van der Waals surface area contributed by atoms with Gasteiger partial charge in [0, 0.05) is 17.2 Å². The second-order valence-corrected chi connectivity index (χ2v) is 8.96. The zero-order valence-electron chi connectivity index (χ0n) is 16.3. The molecule has 0 spiro atoms. The zero-order chi connectivity index (χ0) is 22.2. The molecule has 0 fully saturated rings. The van der Waals surface area contributed by atoms with Crippen LogP contribution in [0.1, 0.15) is 10.4 Å². The number of nitrogens with zero attached hydrogens (tertiary/aromatic N) is 1. The van der Waals surface area contributed by atoms with Crippen LogP contribution in [0.5, 0.6) is 0 Å². The minimum absolute atomic E-state index is 0.115. The van der Waals surface area contributed by atoms with Gasteiger partial charge in [0.15, 0.2) is 9.84 Å². The minimum Gasteiger partial charge on any atom is -0.319 e. The molecule has 0 unspecified atom stereocenters. The molecule has 1 aromatic heterocycles. The Kier molecular flexibility index (Phi) is 5.24. The third-order valence-corrected chi connectivity index (χ3v) is 5.83. The van der Waals surface area contributed by atoms with Crippen LogP contribution in [-0.4, -0.2) is 25.6 Å². The summed E-state index contributed by atoms with van der Waals surface area (Å²) in [7, 11) is -3.58. The first-order valence-electron chi connectivity index (χ1n) is 9.19. The first-order valence-corrected chi connectivity index (χ1v) is 11.1. The number of rotatable bonds is 4. The van der Waals surface area contributed by atoms with Gasteiger partial charge in [0.05, 0.1) is 27.4 Å². The van der Waals surface area contributed by atoms with Crippen LogP contribution in [0, 0.1) is 11.6 Å². The number of hydrogen-bond acceptors (Lipinski definition) is 4. The van der Waals surface area contributed by atoms with Gasteiger partial charge in [-0.3, -0.25) is 4.79 Å². The molecule has 156 valence electrons. The van der Waals surface area contributed by atoms with E-state index in [9.17, 15) is 22.0 Å². The summed E-state index contributed by atoms with van der Waals surface area (Å²) in [6.07, 6.45) is 0.997. The summed E-state index contributed by atoms with van der Waals surface area (Å²) in [6.45, 7) is 0. The highest BCUT2D eigenvalue weighted by Crippen LogP contribution is 2.27. The van der Waals surface area contributed by atoms with Crippen LogP contribution in [0.4, 0.5) is 14.5 Å². The van der Waals surface area contributed by atoms with Gasteiger partial charge in [-0.05, 0) is 54.6 Å². The molecule has 5 nitrogen and oxygen atoms in total. The van der Waals surface area contributed by atoms with Crippen molar-refractivity contribution in [1.29, 1.82) is 0 Å². The fourth-order valence-corrected chi connectivity index (χ4v) is 3.80. The molecule has 0 saturated carbocycles. The van der Waals surface area contributed by atoms with Crippen LogP contribution in [0.2, 0.25) is 0 Å². The van der Waals surface area contributed by atoms with E-state index in [1.165, 1.54) is 18.2 Å². The highest BCUT2D eigenvalue weighted by atomic mass is 32.2. The highest BCUT2D eigenvalue weighted by molar-refractivity contribution is 7.90. The lowest BCUT2D eigenvalue weighted by atomic mass is 10.0. The molecule has 0 radical (unpaired) electrons. The average molecular weight is 438 g/mol. The topological polar surface area (TPSA) is 76.1 Å². The number of halogens is 2. The maximum absolute atomic E-state index is 14.3. The molecule has 4 aromatic rings. The first-order chi connectivity index (χ1) is 14.7. The molecule has 1 amide bonds. The van der Waals surface area contributed by atoms with Crippen LogP contribution >= 0.6 is 0 Å². The van der Waals surface area contributed by atoms with Gasteiger partial charge >= 0.3 is 0 Å². The SMILES string of the molecule is CS(=O)(=O)c1ccc(F)c(NC(=O)c2cc(-c3ccc(F)cc3)nc3ccccc23)c1. The van der Waals surface area contributed by atoms with Gasteiger partial charge in [-0.2, -0.15) is 0 Å². The molecule has 4 rings (SSSR count). The van der Waals surface area contributed by atoms with Crippen molar-refractivity contribution in [3.63, 3.8) is 0 Å². The molecular formula is C23H16F2N2O3S. The number of carbonyl (C=O) groups excluding carboxylic acids is 1. The molecule has 0 atom stereocenters. The zero-order valence-corrected chi connectivity index (χ0v) is 17.1. The predicted octanol–water partition coefficient (Wildman–Crippen LogP) is 4.84. The third kappa shape index (κ3) is 4.29. The molecule has 8 heteroatoms. The number of benzene rings is 3. The van der Waals surface area contributed by atoms with E-state index in [1.54, 1.807) is 36.4 Å². The quantitative estimate of drug-likeness (QED) is 0.463. The summed E-state index contributed by atoms with van der Waals surface area (Å²) >= 11 is 0. The Labute approximate surface area is 177 Å². The summed E-state index contributed by atoms with van der Waals surface area (Å²) in [6, 6.07) is 17.3. The summed E-state index contributed by atoms with van der Waals surface area (Å²) in [5, 5.41) is 2.99. The summed E-state index contributed by atoms with van der Waals surface area (Å²) in [5.74, 6) is -1.80. The number of hydrogen-bond donors (Lipinski definition) is 1. The van der Waals surface area contributed by atoms with Gasteiger partial charge < -0.3 is 5.32 Å². The van der Waals surface area contributed by atoms with Crippen LogP contribution in [0.3, 0.4) is 0 Å². The van der Waals surface area contributed by atoms with E-state index in [-0.39, 0.29) is 16.1 Å². The van der Waals surface area contributed by atoms with E-state index in [2.05, 4.69) is 10.3 Å². The molecule has 1 N–H and O–H groups in total. The number of carbonyl (C=O) groups is 1. The van der Waals surface area contributed by atoms with Crippen LogP contribution in [0.25, 0.3) is 22.2 Å². The number of sulfone groups is 1. The van der Waals surface area contributed by atoms with Gasteiger partial charge in [0.2, 0.25) is 0 Å². The number of para-hydroxylation sites is 1. The van der Waals surface area contributed by atoms with Gasteiger partial charge in [-0.1, -0.05) is 18.2 Å². The monoisotopic (exact) mass is 438 g/mol. The van der Waals surface area contributed by atoms with E-state index in [4.69, 9.17) is 0 Å².